The molecule has 2 aromatic heterocycles. The van der Waals surface area contributed by atoms with Gasteiger partial charge in [-0.1, -0.05) is 0 Å². The third-order valence-corrected chi connectivity index (χ3v) is 2.78. The van der Waals surface area contributed by atoms with Crippen LogP contribution in [0.25, 0.3) is 5.82 Å². The number of anilines is 1. The number of carbonyl (C=O) groups is 1. The molecule has 0 fully saturated rings. The predicted octanol–water partition coefficient (Wildman–Crippen LogP) is 0.859. The van der Waals surface area contributed by atoms with Crippen molar-refractivity contribution in [2.75, 3.05) is 19.4 Å². The number of hydrogen-bond donors (Lipinski definition) is 1. The summed E-state index contributed by atoms with van der Waals surface area (Å²) in [5.74, 6) is 1.18. The molecule has 0 unspecified atom stereocenters. The molecule has 7 nitrogen and oxygen atoms in total. The van der Waals surface area contributed by atoms with Crippen LogP contribution in [0.5, 0.6) is 0 Å². The second-order valence-corrected chi connectivity index (χ2v) is 4.78. The molecule has 0 aliphatic carbocycles. The Labute approximate surface area is 117 Å². The second kappa shape index (κ2) is 5.68. The number of aryl methyl sites for hydroxylation is 1. The Hall–Kier alpha value is -2.44. The summed E-state index contributed by atoms with van der Waals surface area (Å²) in [5, 5.41) is 15.4. The molecule has 1 amide bonds. The Morgan fingerprint density at radius 3 is 2.55 bits per heavy atom. The second-order valence-electron chi connectivity index (χ2n) is 4.78. The molecule has 0 bridgehead atoms. The molecular formula is C13H18N6O. The fourth-order valence-electron chi connectivity index (χ4n) is 1.74. The van der Waals surface area contributed by atoms with E-state index in [9.17, 15) is 4.79 Å². The van der Waals surface area contributed by atoms with Crippen molar-refractivity contribution in [2.45, 2.75) is 19.9 Å². The molecule has 2 heterocycles. The highest BCUT2D eigenvalue weighted by Crippen LogP contribution is 2.08. The van der Waals surface area contributed by atoms with Gasteiger partial charge in [-0.15, -0.1) is 10.2 Å². The molecule has 0 saturated carbocycles. The molecule has 0 saturated heterocycles. The van der Waals surface area contributed by atoms with E-state index in [4.69, 9.17) is 0 Å². The van der Waals surface area contributed by atoms with Gasteiger partial charge in [-0.3, -0.25) is 4.79 Å². The molecular weight excluding hydrogens is 256 g/mol. The van der Waals surface area contributed by atoms with Crippen LogP contribution in [0.15, 0.2) is 24.4 Å². The normalized spacial score (nSPS) is 12.0. The van der Waals surface area contributed by atoms with Crippen LogP contribution in [-0.4, -0.2) is 50.9 Å². The molecule has 2 aromatic rings. The third-order valence-electron chi connectivity index (χ3n) is 2.78. The average Bonchev–Trinajstić information content (AvgIpc) is 2.85. The van der Waals surface area contributed by atoms with Crippen LogP contribution in [0.4, 0.5) is 5.82 Å². The summed E-state index contributed by atoms with van der Waals surface area (Å²) < 4.78 is 1.65. The lowest BCUT2D eigenvalue weighted by molar-refractivity contribution is -0.129. The van der Waals surface area contributed by atoms with Crippen molar-refractivity contribution in [3.05, 3.63) is 30.1 Å². The van der Waals surface area contributed by atoms with Crippen LogP contribution >= 0.6 is 0 Å². The summed E-state index contributed by atoms with van der Waals surface area (Å²) >= 11 is 0. The quantitative estimate of drug-likeness (QED) is 0.895. The lowest BCUT2D eigenvalue weighted by atomic mass is 10.3. The van der Waals surface area contributed by atoms with Crippen LogP contribution < -0.4 is 5.32 Å². The molecule has 20 heavy (non-hydrogen) atoms. The zero-order valence-electron chi connectivity index (χ0n) is 12.0. The molecule has 0 radical (unpaired) electrons. The molecule has 0 spiro atoms. The van der Waals surface area contributed by atoms with E-state index in [1.807, 2.05) is 19.2 Å². The lowest BCUT2D eigenvalue weighted by Crippen LogP contribution is -2.36. The minimum Gasteiger partial charge on any atom is -0.357 e. The summed E-state index contributed by atoms with van der Waals surface area (Å²) in [7, 11) is 3.44. The van der Waals surface area contributed by atoms with Crippen molar-refractivity contribution in [2.24, 2.45) is 0 Å². The van der Waals surface area contributed by atoms with Gasteiger partial charge in [-0.2, -0.15) is 5.10 Å². The molecule has 0 aliphatic rings. The fourth-order valence-corrected chi connectivity index (χ4v) is 1.74. The van der Waals surface area contributed by atoms with Gasteiger partial charge >= 0.3 is 0 Å². The first-order chi connectivity index (χ1) is 9.47. The topological polar surface area (TPSA) is 75.9 Å². The van der Waals surface area contributed by atoms with Crippen LogP contribution in [-0.2, 0) is 4.79 Å². The summed E-state index contributed by atoms with van der Waals surface area (Å²) in [6, 6.07) is 5.12. The Kier molecular flexibility index (Phi) is 3.97. The number of aromatic nitrogens is 4. The molecule has 106 valence electrons. The van der Waals surface area contributed by atoms with Gasteiger partial charge in [0.2, 0.25) is 5.91 Å². The Morgan fingerprint density at radius 2 is 2.05 bits per heavy atom. The first kappa shape index (κ1) is 14.0. The molecule has 0 aromatic carbocycles. The highest BCUT2D eigenvalue weighted by atomic mass is 16.2. The minimum absolute atomic E-state index is 0.0152. The van der Waals surface area contributed by atoms with Crippen molar-refractivity contribution >= 4 is 11.7 Å². The number of nitrogens with zero attached hydrogens (tertiary/aromatic N) is 5. The average molecular weight is 274 g/mol. The summed E-state index contributed by atoms with van der Waals surface area (Å²) in [4.78, 5) is 13.3. The Bertz CT molecular complexity index is 589. The summed E-state index contributed by atoms with van der Waals surface area (Å²) in [5.41, 5.74) is 0.916. The van der Waals surface area contributed by atoms with Gasteiger partial charge < -0.3 is 10.2 Å². The number of rotatable bonds is 4. The maximum atomic E-state index is 11.7. The minimum atomic E-state index is -0.350. The van der Waals surface area contributed by atoms with Crippen LogP contribution in [0.3, 0.4) is 0 Å². The van der Waals surface area contributed by atoms with Crippen molar-refractivity contribution in [1.29, 1.82) is 0 Å². The Balaban J connectivity index is 2.07. The monoisotopic (exact) mass is 274 g/mol. The lowest BCUT2D eigenvalue weighted by Gasteiger charge is -2.18. The van der Waals surface area contributed by atoms with Crippen molar-refractivity contribution in [3.63, 3.8) is 0 Å². The smallest absolute Gasteiger partial charge is 0.244 e. The van der Waals surface area contributed by atoms with Crippen LogP contribution in [0, 0.1) is 6.92 Å². The van der Waals surface area contributed by atoms with Crippen LogP contribution in [0.2, 0.25) is 0 Å². The highest BCUT2D eigenvalue weighted by molar-refractivity contribution is 5.83. The largest absolute Gasteiger partial charge is 0.357 e. The van der Waals surface area contributed by atoms with Crippen molar-refractivity contribution in [1.82, 2.24) is 24.9 Å². The van der Waals surface area contributed by atoms with E-state index in [0.29, 0.717) is 11.6 Å². The number of nitrogens with one attached hydrogen (secondary N) is 1. The first-order valence-electron chi connectivity index (χ1n) is 6.31. The van der Waals surface area contributed by atoms with E-state index < -0.39 is 0 Å². The van der Waals surface area contributed by atoms with E-state index in [1.54, 1.807) is 37.8 Å². The molecule has 7 heteroatoms. The number of amides is 1. The predicted molar refractivity (Wildman–Crippen MR) is 75.7 cm³/mol. The van der Waals surface area contributed by atoms with E-state index in [1.165, 1.54) is 4.90 Å². The van der Waals surface area contributed by atoms with Gasteiger partial charge in [0.25, 0.3) is 0 Å². The SMILES string of the molecule is Cc1ccn(-c2ccc(N[C@@H](C)C(=O)N(C)C)nn2)n1. The zero-order chi connectivity index (χ0) is 14.7. The fraction of sp³-hybridized carbons (Fsp3) is 0.385. The number of likely N-dealkylation sites (N-methyl/N-ethyl adjacent to an activating group) is 1. The standard InChI is InChI=1S/C13H18N6O/c1-9-7-8-19(17-9)12-6-5-11(15-16-12)14-10(2)13(20)18(3)4/h5-8,10H,1-4H3,(H,14,15)/t10-/m0/s1. The van der Waals surface area contributed by atoms with Crippen molar-refractivity contribution < 1.29 is 4.79 Å². The third kappa shape index (κ3) is 3.11. The van der Waals surface area contributed by atoms with Crippen LogP contribution in [0.1, 0.15) is 12.6 Å². The molecule has 0 aliphatic heterocycles. The van der Waals surface area contributed by atoms with E-state index in [0.717, 1.165) is 5.69 Å². The van der Waals surface area contributed by atoms with Gasteiger partial charge in [0.15, 0.2) is 5.82 Å². The van der Waals surface area contributed by atoms with Crippen molar-refractivity contribution in [3.8, 4) is 5.82 Å². The van der Waals surface area contributed by atoms with E-state index in [2.05, 4.69) is 20.6 Å². The first-order valence-corrected chi connectivity index (χ1v) is 6.31. The van der Waals surface area contributed by atoms with Gasteiger partial charge in [-0.25, -0.2) is 4.68 Å². The maximum absolute atomic E-state index is 11.7. The maximum Gasteiger partial charge on any atom is 0.244 e. The van der Waals surface area contributed by atoms with E-state index in [-0.39, 0.29) is 11.9 Å². The highest BCUT2D eigenvalue weighted by Gasteiger charge is 2.15. The number of carbonyl (C=O) groups excluding carboxylic acids is 1. The molecule has 1 atom stereocenters. The molecule has 1 N–H and O–H groups in total. The van der Waals surface area contributed by atoms with Gasteiger partial charge in [0, 0.05) is 20.3 Å². The van der Waals surface area contributed by atoms with Gasteiger partial charge in [0.1, 0.15) is 11.9 Å². The van der Waals surface area contributed by atoms with Gasteiger partial charge in [0.05, 0.1) is 5.69 Å². The van der Waals surface area contributed by atoms with Gasteiger partial charge in [-0.05, 0) is 32.0 Å². The summed E-state index contributed by atoms with van der Waals surface area (Å²) in [6.07, 6.45) is 1.82. The molecule has 2 rings (SSSR count). The summed E-state index contributed by atoms with van der Waals surface area (Å²) in [6.45, 7) is 3.70. The number of hydrogen-bond acceptors (Lipinski definition) is 5. The zero-order valence-corrected chi connectivity index (χ0v) is 12.0. The Morgan fingerprint density at radius 1 is 1.30 bits per heavy atom. The van der Waals surface area contributed by atoms with E-state index >= 15 is 0 Å².